The van der Waals surface area contributed by atoms with Gasteiger partial charge in [-0.15, -0.1) is 0 Å². The minimum atomic E-state index is -0.0365. The van der Waals surface area contributed by atoms with Gasteiger partial charge >= 0.3 is 0 Å². The van der Waals surface area contributed by atoms with Gasteiger partial charge in [-0.2, -0.15) is 0 Å². The Morgan fingerprint density at radius 3 is 2.38 bits per heavy atom. The molecule has 0 radical (unpaired) electrons. The number of hydrogen-bond acceptors (Lipinski definition) is 1. The first-order valence-corrected chi connectivity index (χ1v) is 4.25. The maximum Gasteiger partial charge on any atom is 0.249 e. The summed E-state index contributed by atoms with van der Waals surface area (Å²) in [7, 11) is 0. The number of carbonyl (C=O) groups excluding carboxylic acids is 1. The van der Waals surface area contributed by atoms with E-state index in [1.807, 2.05) is 31.2 Å². The highest BCUT2D eigenvalue weighted by Gasteiger charge is 2.31. The Hall–Kier alpha value is -1.57. The maximum atomic E-state index is 10.9. The van der Waals surface area contributed by atoms with E-state index in [1.54, 1.807) is 0 Å². The SMILES string of the molecule is C=C1C(=O)N[C@H]1c1ccc(C)cc1. The molecule has 0 bridgehead atoms. The first-order chi connectivity index (χ1) is 6.18. The van der Waals surface area contributed by atoms with Crippen molar-refractivity contribution in [3.63, 3.8) is 0 Å². The summed E-state index contributed by atoms with van der Waals surface area (Å²) < 4.78 is 0. The van der Waals surface area contributed by atoms with E-state index in [-0.39, 0.29) is 11.9 Å². The summed E-state index contributed by atoms with van der Waals surface area (Å²) in [6, 6.07) is 8.14. The van der Waals surface area contributed by atoms with Gasteiger partial charge in [0.25, 0.3) is 0 Å². The van der Waals surface area contributed by atoms with Gasteiger partial charge in [-0.1, -0.05) is 36.4 Å². The molecule has 1 atom stereocenters. The molecule has 1 heterocycles. The zero-order chi connectivity index (χ0) is 9.42. The van der Waals surface area contributed by atoms with Crippen LogP contribution in [0.3, 0.4) is 0 Å². The molecule has 0 aliphatic carbocycles. The third-order valence-electron chi connectivity index (χ3n) is 2.33. The lowest BCUT2D eigenvalue weighted by Gasteiger charge is -2.29. The zero-order valence-corrected chi connectivity index (χ0v) is 7.50. The molecule has 0 unspecified atom stereocenters. The van der Waals surface area contributed by atoms with Crippen LogP contribution in [-0.2, 0) is 4.79 Å². The van der Waals surface area contributed by atoms with Crippen molar-refractivity contribution in [1.82, 2.24) is 5.32 Å². The number of aryl methyl sites for hydroxylation is 1. The summed E-state index contributed by atoms with van der Waals surface area (Å²) in [6.45, 7) is 5.75. The predicted molar refractivity (Wildman–Crippen MR) is 51.2 cm³/mol. The predicted octanol–water partition coefficient (Wildman–Crippen LogP) is 1.72. The van der Waals surface area contributed by atoms with E-state index in [2.05, 4.69) is 11.9 Å². The van der Waals surface area contributed by atoms with Gasteiger partial charge in [0.2, 0.25) is 5.91 Å². The summed E-state index contributed by atoms with van der Waals surface area (Å²) >= 11 is 0. The molecule has 1 aliphatic rings. The van der Waals surface area contributed by atoms with Gasteiger partial charge in [-0.05, 0) is 12.5 Å². The molecule has 1 aliphatic heterocycles. The van der Waals surface area contributed by atoms with Crippen LogP contribution in [0.2, 0.25) is 0 Å². The summed E-state index contributed by atoms with van der Waals surface area (Å²) in [5.41, 5.74) is 2.99. The van der Waals surface area contributed by atoms with Gasteiger partial charge in [-0.25, -0.2) is 0 Å². The van der Waals surface area contributed by atoms with Gasteiger partial charge in [0.05, 0.1) is 6.04 Å². The van der Waals surface area contributed by atoms with Crippen molar-refractivity contribution in [2.75, 3.05) is 0 Å². The molecular formula is C11H11NO. The van der Waals surface area contributed by atoms with Crippen LogP contribution in [0, 0.1) is 6.92 Å². The molecular weight excluding hydrogens is 162 g/mol. The second kappa shape index (κ2) is 2.73. The van der Waals surface area contributed by atoms with Crippen molar-refractivity contribution >= 4 is 5.91 Å². The minimum absolute atomic E-state index is 0.0353. The van der Waals surface area contributed by atoms with Crippen LogP contribution in [0.1, 0.15) is 17.2 Å². The molecule has 1 fully saturated rings. The number of carbonyl (C=O) groups is 1. The van der Waals surface area contributed by atoms with E-state index >= 15 is 0 Å². The van der Waals surface area contributed by atoms with E-state index in [1.165, 1.54) is 5.56 Å². The van der Waals surface area contributed by atoms with Crippen molar-refractivity contribution in [2.24, 2.45) is 0 Å². The van der Waals surface area contributed by atoms with Crippen LogP contribution in [0.25, 0.3) is 0 Å². The van der Waals surface area contributed by atoms with E-state index in [4.69, 9.17) is 0 Å². The molecule has 1 N–H and O–H groups in total. The van der Waals surface area contributed by atoms with Gasteiger partial charge in [-0.3, -0.25) is 4.79 Å². The molecule has 13 heavy (non-hydrogen) atoms. The molecule has 0 spiro atoms. The van der Waals surface area contributed by atoms with Crippen LogP contribution in [0.5, 0.6) is 0 Å². The Bertz CT molecular complexity index is 364. The van der Waals surface area contributed by atoms with Gasteiger partial charge in [0.15, 0.2) is 0 Å². The molecule has 1 aromatic rings. The number of rotatable bonds is 1. The lowest BCUT2D eigenvalue weighted by molar-refractivity contribution is -0.122. The van der Waals surface area contributed by atoms with Gasteiger partial charge in [0.1, 0.15) is 0 Å². The highest BCUT2D eigenvalue weighted by atomic mass is 16.2. The minimum Gasteiger partial charge on any atom is -0.341 e. The van der Waals surface area contributed by atoms with Crippen molar-refractivity contribution in [3.8, 4) is 0 Å². The molecule has 1 saturated heterocycles. The monoisotopic (exact) mass is 173 g/mol. The fraction of sp³-hybridized carbons (Fsp3) is 0.182. The normalized spacial score (nSPS) is 20.8. The molecule has 0 aromatic heterocycles. The fourth-order valence-electron chi connectivity index (χ4n) is 1.41. The summed E-state index contributed by atoms with van der Waals surface area (Å²) in [4.78, 5) is 10.9. The van der Waals surface area contributed by atoms with Crippen LogP contribution in [-0.4, -0.2) is 5.91 Å². The largest absolute Gasteiger partial charge is 0.341 e. The van der Waals surface area contributed by atoms with E-state index < -0.39 is 0 Å². The van der Waals surface area contributed by atoms with Gasteiger partial charge in [0, 0.05) is 5.57 Å². The second-order valence-corrected chi connectivity index (χ2v) is 3.34. The summed E-state index contributed by atoms with van der Waals surface area (Å²) in [6.07, 6.45) is 0. The number of hydrogen-bond donors (Lipinski definition) is 1. The van der Waals surface area contributed by atoms with Crippen molar-refractivity contribution in [3.05, 3.63) is 47.5 Å². The molecule has 2 nitrogen and oxygen atoms in total. The first kappa shape index (κ1) is 8.05. The van der Waals surface area contributed by atoms with Crippen molar-refractivity contribution in [1.29, 1.82) is 0 Å². The molecule has 2 heteroatoms. The van der Waals surface area contributed by atoms with Crippen LogP contribution in [0.15, 0.2) is 36.4 Å². The number of β-lactam (4-membered cyclic amide) rings is 1. The summed E-state index contributed by atoms with van der Waals surface area (Å²) in [5, 5.41) is 2.79. The Balaban J connectivity index is 2.23. The third-order valence-corrected chi connectivity index (χ3v) is 2.33. The summed E-state index contributed by atoms with van der Waals surface area (Å²) in [5.74, 6) is -0.0365. The van der Waals surface area contributed by atoms with Crippen LogP contribution in [0.4, 0.5) is 0 Å². The highest BCUT2D eigenvalue weighted by molar-refractivity contribution is 6.01. The lowest BCUT2D eigenvalue weighted by Crippen LogP contribution is -2.43. The standard InChI is InChI=1S/C11H11NO/c1-7-3-5-9(6-4-7)10-8(2)11(13)12-10/h3-6,10H,2H2,1H3,(H,12,13)/t10-/m1/s1. The fourth-order valence-corrected chi connectivity index (χ4v) is 1.41. The Labute approximate surface area is 77.3 Å². The number of benzene rings is 1. The van der Waals surface area contributed by atoms with E-state index in [9.17, 15) is 4.79 Å². The smallest absolute Gasteiger partial charge is 0.249 e. The number of nitrogens with one attached hydrogen (secondary N) is 1. The molecule has 1 amide bonds. The Morgan fingerprint density at radius 2 is 1.92 bits per heavy atom. The maximum absolute atomic E-state index is 10.9. The van der Waals surface area contributed by atoms with Crippen LogP contribution >= 0.6 is 0 Å². The van der Waals surface area contributed by atoms with Gasteiger partial charge < -0.3 is 5.32 Å². The number of amides is 1. The average molecular weight is 173 g/mol. The van der Waals surface area contributed by atoms with Crippen molar-refractivity contribution in [2.45, 2.75) is 13.0 Å². The Morgan fingerprint density at radius 1 is 1.31 bits per heavy atom. The van der Waals surface area contributed by atoms with Crippen molar-refractivity contribution < 1.29 is 4.79 Å². The first-order valence-electron chi connectivity index (χ1n) is 4.25. The topological polar surface area (TPSA) is 29.1 Å². The molecule has 0 saturated carbocycles. The lowest BCUT2D eigenvalue weighted by atomic mass is 9.92. The zero-order valence-electron chi connectivity index (χ0n) is 7.50. The average Bonchev–Trinajstić information content (AvgIpc) is 2.15. The van der Waals surface area contributed by atoms with E-state index in [0.717, 1.165) is 5.56 Å². The molecule has 66 valence electrons. The molecule has 2 rings (SSSR count). The second-order valence-electron chi connectivity index (χ2n) is 3.34. The highest BCUT2D eigenvalue weighted by Crippen LogP contribution is 2.27. The molecule has 1 aromatic carbocycles. The van der Waals surface area contributed by atoms with E-state index in [0.29, 0.717) is 5.57 Å². The van der Waals surface area contributed by atoms with Crippen LogP contribution < -0.4 is 5.32 Å². The quantitative estimate of drug-likeness (QED) is 0.508. The third kappa shape index (κ3) is 1.24. The Kier molecular flexibility index (Phi) is 1.69.